The number of anilines is 1. The third kappa shape index (κ3) is 2.03. The normalized spacial score (nSPS) is 10.1. The molecule has 0 bridgehead atoms. The van der Waals surface area contributed by atoms with Crippen LogP contribution < -0.4 is 10.5 Å². The molecule has 18 heavy (non-hydrogen) atoms. The van der Waals surface area contributed by atoms with Crippen LogP contribution in [0.5, 0.6) is 5.75 Å². The molecule has 0 saturated heterocycles. The Labute approximate surface area is 114 Å². The van der Waals surface area contributed by atoms with Gasteiger partial charge in [-0.3, -0.25) is 0 Å². The average Bonchev–Trinajstić information content (AvgIpc) is 2.66. The van der Waals surface area contributed by atoms with E-state index in [2.05, 4.69) is 6.07 Å². The summed E-state index contributed by atoms with van der Waals surface area (Å²) in [5, 5.41) is 9.61. The van der Waals surface area contributed by atoms with Crippen LogP contribution in [-0.2, 0) is 0 Å². The first-order chi connectivity index (χ1) is 8.58. The van der Waals surface area contributed by atoms with E-state index >= 15 is 0 Å². The number of nitrogen functional groups attached to an aromatic ring is 1. The fourth-order valence-electron chi connectivity index (χ4n) is 1.72. The lowest BCUT2D eigenvalue weighted by molar-refractivity contribution is 0.416. The highest BCUT2D eigenvalue weighted by Crippen LogP contribution is 2.42. The van der Waals surface area contributed by atoms with Gasteiger partial charge in [-0.2, -0.15) is 5.26 Å². The van der Waals surface area contributed by atoms with E-state index in [1.165, 1.54) is 11.3 Å². The van der Waals surface area contributed by atoms with Crippen LogP contribution in [0.2, 0.25) is 5.02 Å². The minimum atomic E-state index is 0.527. The third-order valence-corrected chi connectivity index (χ3v) is 4.18. The molecule has 2 rings (SSSR count). The molecule has 0 aliphatic carbocycles. The number of hydrogen-bond donors (Lipinski definition) is 1. The Hall–Kier alpha value is -1.70. The Bertz CT molecular complexity index is 643. The number of hydrogen-bond acceptors (Lipinski definition) is 4. The van der Waals surface area contributed by atoms with Crippen molar-refractivity contribution in [3.8, 4) is 22.3 Å². The lowest BCUT2D eigenvalue weighted by Crippen LogP contribution is -1.89. The van der Waals surface area contributed by atoms with Crippen molar-refractivity contribution in [2.75, 3.05) is 12.8 Å². The van der Waals surface area contributed by atoms with E-state index in [0.717, 1.165) is 16.0 Å². The largest absolute Gasteiger partial charge is 0.496 e. The monoisotopic (exact) mass is 278 g/mol. The average molecular weight is 279 g/mol. The Morgan fingerprint density at radius 3 is 2.72 bits per heavy atom. The smallest absolute Gasteiger partial charge is 0.128 e. The van der Waals surface area contributed by atoms with Crippen LogP contribution in [0.3, 0.4) is 0 Å². The van der Waals surface area contributed by atoms with E-state index in [1.54, 1.807) is 19.2 Å². The van der Waals surface area contributed by atoms with Crippen LogP contribution in [0.1, 0.15) is 10.4 Å². The molecular weight excluding hydrogens is 268 g/mol. The first kappa shape index (κ1) is 12.7. The van der Waals surface area contributed by atoms with Gasteiger partial charge in [0.05, 0.1) is 12.8 Å². The fourth-order valence-corrected chi connectivity index (χ4v) is 2.94. The van der Waals surface area contributed by atoms with E-state index in [1.807, 2.05) is 13.0 Å². The van der Waals surface area contributed by atoms with Gasteiger partial charge in [-0.1, -0.05) is 11.6 Å². The molecule has 5 heteroatoms. The number of benzene rings is 1. The van der Waals surface area contributed by atoms with Gasteiger partial charge in [-0.15, -0.1) is 11.3 Å². The topological polar surface area (TPSA) is 59.0 Å². The molecule has 0 radical (unpaired) electrons. The number of rotatable bonds is 2. The Kier molecular flexibility index (Phi) is 3.46. The van der Waals surface area contributed by atoms with Gasteiger partial charge in [-0.05, 0) is 30.7 Å². The highest BCUT2D eigenvalue weighted by molar-refractivity contribution is 7.16. The molecule has 0 fully saturated rings. The molecule has 92 valence electrons. The SMILES string of the molecule is COc1cc(Cl)ccc1-c1sc(C#N)c(N)c1C. The van der Waals surface area contributed by atoms with Crippen LogP contribution in [0.4, 0.5) is 5.69 Å². The summed E-state index contributed by atoms with van der Waals surface area (Å²) in [5.41, 5.74) is 8.23. The summed E-state index contributed by atoms with van der Waals surface area (Å²) in [7, 11) is 1.59. The van der Waals surface area contributed by atoms with Crippen LogP contribution >= 0.6 is 22.9 Å². The number of nitrogens with two attached hydrogens (primary N) is 1. The van der Waals surface area contributed by atoms with E-state index in [0.29, 0.717) is 21.3 Å². The van der Waals surface area contributed by atoms with Gasteiger partial charge in [0.1, 0.15) is 16.7 Å². The molecule has 1 aromatic carbocycles. The van der Waals surface area contributed by atoms with Crippen molar-refractivity contribution in [2.24, 2.45) is 0 Å². The molecule has 2 N–H and O–H groups in total. The number of nitriles is 1. The van der Waals surface area contributed by atoms with Crippen molar-refractivity contribution in [2.45, 2.75) is 6.92 Å². The van der Waals surface area contributed by atoms with Crippen molar-refractivity contribution in [1.82, 2.24) is 0 Å². The van der Waals surface area contributed by atoms with Crippen LogP contribution in [0.15, 0.2) is 18.2 Å². The maximum atomic E-state index is 9.00. The maximum absolute atomic E-state index is 9.00. The number of halogens is 1. The molecule has 2 aromatic rings. The Morgan fingerprint density at radius 2 is 2.17 bits per heavy atom. The van der Waals surface area contributed by atoms with Crippen molar-refractivity contribution in [3.63, 3.8) is 0 Å². The first-order valence-corrected chi connectivity index (χ1v) is 6.40. The molecule has 0 amide bonds. The van der Waals surface area contributed by atoms with Gasteiger partial charge >= 0.3 is 0 Å². The van der Waals surface area contributed by atoms with E-state index in [-0.39, 0.29) is 0 Å². The molecular formula is C13H11ClN2OS. The van der Waals surface area contributed by atoms with Gasteiger partial charge in [0.2, 0.25) is 0 Å². The summed E-state index contributed by atoms with van der Waals surface area (Å²) in [4.78, 5) is 1.47. The van der Waals surface area contributed by atoms with Gasteiger partial charge in [0.15, 0.2) is 0 Å². The second-order valence-corrected chi connectivity index (χ2v) is 5.21. The van der Waals surface area contributed by atoms with Crippen LogP contribution in [0.25, 0.3) is 10.4 Å². The summed E-state index contributed by atoms with van der Waals surface area (Å²) in [6.45, 7) is 1.90. The summed E-state index contributed by atoms with van der Waals surface area (Å²) in [6.07, 6.45) is 0. The maximum Gasteiger partial charge on any atom is 0.128 e. The number of methoxy groups -OCH3 is 1. The lowest BCUT2D eigenvalue weighted by Gasteiger charge is -2.08. The minimum Gasteiger partial charge on any atom is -0.496 e. The van der Waals surface area contributed by atoms with Gasteiger partial charge < -0.3 is 10.5 Å². The molecule has 0 unspecified atom stereocenters. The van der Waals surface area contributed by atoms with Crippen molar-refractivity contribution < 1.29 is 4.74 Å². The Balaban J connectivity index is 2.66. The second-order valence-electron chi connectivity index (χ2n) is 3.76. The fraction of sp³-hybridized carbons (Fsp3) is 0.154. The predicted octanol–water partition coefficient (Wildman–Crippen LogP) is 3.84. The summed E-state index contributed by atoms with van der Waals surface area (Å²) >= 11 is 7.30. The lowest BCUT2D eigenvalue weighted by atomic mass is 10.1. The zero-order valence-corrected chi connectivity index (χ0v) is 11.5. The van der Waals surface area contributed by atoms with E-state index in [9.17, 15) is 0 Å². The molecule has 3 nitrogen and oxygen atoms in total. The highest BCUT2D eigenvalue weighted by Gasteiger charge is 2.16. The van der Waals surface area contributed by atoms with Gasteiger partial charge in [0.25, 0.3) is 0 Å². The van der Waals surface area contributed by atoms with Crippen LogP contribution in [-0.4, -0.2) is 7.11 Å². The molecule has 0 aliphatic heterocycles. The molecule has 0 saturated carbocycles. The highest BCUT2D eigenvalue weighted by atomic mass is 35.5. The zero-order valence-electron chi connectivity index (χ0n) is 9.95. The molecule has 0 aliphatic rings. The Morgan fingerprint density at radius 1 is 1.44 bits per heavy atom. The summed E-state index contributed by atoms with van der Waals surface area (Å²) in [5.74, 6) is 0.677. The van der Waals surface area contributed by atoms with Crippen molar-refractivity contribution >= 4 is 28.6 Å². The van der Waals surface area contributed by atoms with Crippen LogP contribution in [0, 0.1) is 18.3 Å². The van der Waals surface area contributed by atoms with Gasteiger partial charge in [-0.25, -0.2) is 0 Å². The van der Waals surface area contributed by atoms with Crippen molar-refractivity contribution in [3.05, 3.63) is 33.7 Å². The molecule has 1 heterocycles. The minimum absolute atomic E-state index is 0.527. The van der Waals surface area contributed by atoms with E-state index < -0.39 is 0 Å². The zero-order chi connectivity index (χ0) is 13.3. The number of thiophene rings is 1. The second kappa shape index (κ2) is 4.89. The van der Waals surface area contributed by atoms with Gasteiger partial charge in [0, 0.05) is 15.5 Å². The number of nitrogens with zero attached hydrogens (tertiary/aromatic N) is 1. The quantitative estimate of drug-likeness (QED) is 0.908. The summed E-state index contributed by atoms with van der Waals surface area (Å²) < 4.78 is 5.32. The predicted molar refractivity (Wildman–Crippen MR) is 75.2 cm³/mol. The van der Waals surface area contributed by atoms with Crippen molar-refractivity contribution in [1.29, 1.82) is 5.26 Å². The summed E-state index contributed by atoms with van der Waals surface area (Å²) in [6, 6.07) is 7.52. The number of ether oxygens (including phenoxy) is 1. The van der Waals surface area contributed by atoms with E-state index in [4.69, 9.17) is 27.3 Å². The standard InChI is InChI=1S/C13H11ClN2OS/c1-7-12(16)11(6-15)18-13(7)9-4-3-8(14)5-10(9)17-2/h3-5H,16H2,1-2H3. The first-order valence-electron chi connectivity index (χ1n) is 5.21. The third-order valence-electron chi connectivity index (χ3n) is 2.70. The molecule has 0 spiro atoms. The molecule has 1 aromatic heterocycles. The molecule has 0 atom stereocenters.